The highest BCUT2D eigenvalue weighted by Crippen LogP contribution is 2.40. The second-order valence-electron chi connectivity index (χ2n) is 11.0. The highest BCUT2D eigenvalue weighted by Gasteiger charge is 2.40. The zero-order valence-corrected chi connectivity index (χ0v) is 23.4. The number of hydrogen-bond donors (Lipinski definition) is 2. The van der Waals surface area contributed by atoms with Crippen LogP contribution in [0.25, 0.3) is 0 Å². The molecule has 9 heteroatoms. The second-order valence-corrected chi connectivity index (χ2v) is 11.0. The summed E-state index contributed by atoms with van der Waals surface area (Å²) in [4.78, 5) is 33.0. The summed E-state index contributed by atoms with van der Waals surface area (Å²) in [6.45, 7) is 8.22. The highest BCUT2D eigenvalue weighted by atomic mass is 19.1. The van der Waals surface area contributed by atoms with Gasteiger partial charge >= 0.3 is 0 Å². The number of fused-ring (bicyclic) bond motifs is 1. The molecular weight excluding hydrogens is 499 g/mol. The average Bonchev–Trinajstić information content (AvgIpc) is 2.89. The topological polar surface area (TPSA) is 106 Å². The number of ether oxygens (including phenoxy) is 2. The summed E-state index contributed by atoms with van der Waals surface area (Å²) in [7, 11) is 1.56. The van der Waals surface area contributed by atoms with Crippen molar-refractivity contribution in [3.8, 4) is 5.75 Å². The van der Waals surface area contributed by atoms with Gasteiger partial charge in [0.2, 0.25) is 5.91 Å². The first kappa shape index (κ1) is 28.5. The lowest BCUT2D eigenvalue weighted by atomic mass is 9.87. The fourth-order valence-corrected chi connectivity index (χ4v) is 5.61. The van der Waals surface area contributed by atoms with Gasteiger partial charge in [0.05, 0.1) is 24.0 Å². The van der Waals surface area contributed by atoms with Gasteiger partial charge in [0.25, 0.3) is 5.91 Å². The van der Waals surface area contributed by atoms with E-state index in [2.05, 4.69) is 5.32 Å². The molecule has 2 aromatic rings. The minimum Gasteiger partial charge on any atom is -0.487 e. The van der Waals surface area contributed by atoms with Crippen LogP contribution >= 0.6 is 0 Å². The van der Waals surface area contributed by atoms with E-state index in [9.17, 15) is 9.59 Å². The van der Waals surface area contributed by atoms with Crippen LogP contribution in [0, 0.1) is 5.82 Å². The van der Waals surface area contributed by atoms with Gasteiger partial charge in [-0.2, -0.15) is 0 Å². The van der Waals surface area contributed by atoms with Crippen LogP contribution in [-0.4, -0.2) is 47.5 Å². The first-order valence-electron chi connectivity index (χ1n) is 13.6. The molecule has 2 aromatic carbocycles. The number of nitrogens with one attached hydrogen (secondary N) is 1. The van der Waals surface area contributed by atoms with Gasteiger partial charge in [0, 0.05) is 31.3 Å². The maximum absolute atomic E-state index is 15.0. The molecule has 0 spiro atoms. The third-order valence-corrected chi connectivity index (χ3v) is 7.82. The van der Waals surface area contributed by atoms with E-state index in [1.54, 1.807) is 13.2 Å². The molecule has 2 atom stereocenters. The molecule has 39 heavy (non-hydrogen) atoms. The van der Waals surface area contributed by atoms with E-state index in [1.807, 2.05) is 52.0 Å². The van der Waals surface area contributed by atoms with Crippen molar-refractivity contribution in [3.63, 3.8) is 0 Å². The molecule has 0 saturated heterocycles. The van der Waals surface area contributed by atoms with E-state index in [4.69, 9.17) is 20.2 Å². The van der Waals surface area contributed by atoms with Gasteiger partial charge in [0.15, 0.2) is 5.96 Å². The molecule has 8 nitrogen and oxygen atoms in total. The van der Waals surface area contributed by atoms with Crippen LogP contribution in [0.4, 0.5) is 4.39 Å². The molecule has 0 saturated carbocycles. The summed E-state index contributed by atoms with van der Waals surface area (Å²) in [6.07, 6.45) is 2.49. The summed E-state index contributed by atoms with van der Waals surface area (Å²) in [5.41, 5.74) is 6.83. The Morgan fingerprint density at radius 3 is 2.64 bits per heavy atom. The third kappa shape index (κ3) is 6.08. The van der Waals surface area contributed by atoms with Gasteiger partial charge in [-0.1, -0.05) is 32.0 Å². The quantitative estimate of drug-likeness (QED) is 0.465. The Kier molecular flexibility index (Phi) is 8.30. The Labute approximate surface area is 229 Å². The van der Waals surface area contributed by atoms with Crippen LogP contribution in [-0.2, 0) is 9.53 Å². The number of para-hydroxylation sites is 1. The van der Waals surface area contributed by atoms with Crippen molar-refractivity contribution in [2.45, 2.75) is 83.0 Å². The van der Waals surface area contributed by atoms with Crippen molar-refractivity contribution in [3.05, 3.63) is 65.0 Å². The minimum absolute atomic E-state index is 0.104. The minimum atomic E-state index is -0.641. The first-order valence-corrected chi connectivity index (χ1v) is 13.6. The fourth-order valence-electron chi connectivity index (χ4n) is 5.61. The van der Waals surface area contributed by atoms with Crippen molar-refractivity contribution in [1.82, 2.24) is 10.2 Å². The fraction of sp³-hybridized carbons (Fsp3) is 0.500. The Balaban J connectivity index is 1.66. The maximum atomic E-state index is 15.0. The third-order valence-electron chi connectivity index (χ3n) is 7.82. The van der Waals surface area contributed by atoms with Crippen LogP contribution < -0.4 is 15.8 Å². The number of amides is 2. The van der Waals surface area contributed by atoms with E-state index in [-0.39, 0.29) is 29.9 Å². The lowest BCUT2D eigenvalue weighted by Crippen LogP contribution is -2.52. The van der Waals surface area contributed by atoms with E-state index >= 15 is 4.39 Å². The Hall–Kier alpha value is -3.46. The van der Waals surface area contributed by atoms with Gasteiger partial charge in [-0.3, -0.25) is 14.5 Å². The van der Waals surface area contributed by atoms with E-state index in [0.717, 1.165) is 5.56 Å². The van der Waals surface area contributed by atoms with Crippen molar-refractivity contribution < 1.29 is 23.5 Å². The van der Waals surface area contributed by atoms with Crippen molar-refractivity contribution >= 4 is 17.8 Å². The standard InChI is InChI=1S/C30H39FN4O4/c1-6-30(7-2)18-26(36)35(28(32)34-30)24(12-13-38-5)19-14-20(16-21(31)15-19)27(37)33-23-17-29(3,4)39-25-11-9-8-10-22(23)25/h8-11,14-16,23-24H,6-7,12-13,17-18H2,1-5H3,(H2,32,34)(H,33,37)/t23-,24?/m0/s1. The molecule has 0 bridgehead atoms. The normalized spacial score (nSPS) is 20.5. The average molecular weight is 539 g/mol. The number of halogens is 1. The highest BCUT2D eigenvalue weighted by molar-refractivity contribution is 6.00. The molecule has 0 fully saturated rings. The molecule has 2 aliphatic heterocycles. The summed E-state index contributed by atoms with van der Waals surface area (Å²) in [5, 5.41) is 3.07. The molecule has 0 aromatic heterocycles. The summed E-state index contributed by atoms with van der Waals surface area (Å²) >= 11 is 0. The van der Waals surface area contributed by atoms with Crippen LogP contribution in [0.3, 0.4) is 0 Å². The van der Waals surface area contributed by atoms with Crippen LogP contribution in [0.2, 0.25) is 0 Å². The molecule has 3 N–H and O–H groups in total. The van der Waals surface area contributed by atoms with Crippen molar-refractivity contribution in [2.24, 2.45) is 10.7 Å². The predicted molar refractivity (Wildman–Crippen MR) is 148 cm³/mol. The van der Waals surface area contributed by atoms with E-state index < -0.39 is 28.9 Å². The number of rotatable bonds is 9. The number of aliphatic imine (C=N–C) groups is 1. The molecule has 2 amide bonds. The van der Waals surface area contributed by atoms with E-state index in [1.165, 1.54) is 17.0 Å². The monoisotopic (exact) mass is 538 g/mol. The largest absolute Gasteiger partial charge is 0.487 e. The first-order chi connectivity index (χ1) is 18.5. The van der Waals surface area contributed by atoms with E-state index in [0.29, 0.717) is 43.6 Å². The Morgan fingerprint density at radius 1 is 1.26 bits per heavy atom. The molecule has 0 radical (unpaired) electrons. The van der Waals surface area contributed by atoms with Crippen molar-refractivity contribution in [1.29, 1.82) is 0 Å². The number of nitrogens with two attached hydrogens (primary N) is 1. The smallest absolute Gasteiger partial charge is 0.251 e. The predicted octanol–water partition coefficient (Wildman–Crippen LogP) is 5.04. The lowest BCUT2D eigenvalue weighted by Gasteiger charge is -2.40. The molecule has 210 valence electrons. The van der Waals surface area contributed by atoms with Crippen LogP contribution in [0.15, 0.2) is 47.5 Å². The molecule has 0 aliphatic carbocycles. The molecule has 2 heterocycles. The van der Waals surface area contributed by atoms with Crippen LogP contribution in [0.5, 0.6) is 5.75 Å². The molecular formula is C30H39FN4O4. The maximum Gasteiger partial charge on any atom is 0.251 e. The van der Waals surface area contributed by atoms with Gasteiger partial charge in [-0.05, 0) is 62.9 Å². The number of benzene rings is 2. The SMILES string of the molecule is CCC1(CC)CC(=O)N(C(CCOC)c2cc(F)cc(C(=O)N[C@H]3CC(C)(C)Oc4ccccc43)c2)C(N)=N1. The van der Waals surface area contributed by atoms with Crippen molar-refractivity contribution in [2.75, 3.05) is 13.7 Å². The zero-order chi connectivity index (χ0) is 28.4. The molecule has 2 aliphatic rings. The molecule has 4 rings (SSSR count). The lowest BCUT2D eigenvalue weighted by molar-refractivity contribution is -0.131. The summed E-state index contributed by atoms with van der Waals surface area (Å²) < 4.78 is 26.4. The summed E-state index contributed by atoms with van der Waals surface area (Å²) in [6, 6.07) is 10.8. The zero-order valence-electron chi connectivity index (χ0n) is 23.4. The van der Waals surface area contributed by atoms with Gasteiger partial charge in [-0.15, -0.1) is 0 Å². The number of methoxy groups -OCH3 is 1. The number of nitrogens with zero attached hydrogens (tertiary/aromatic N) is 2. The number of hydrogen-bond acceptors (Lipinski definition) is 6. The van der Waals surface area contributed by atoms with Gasteiger partial charge < -0.3 is 20.5 Å². The number of carbonyl (C=O) groups excluding carboxylic acids is 2. The van der Waals surface area contributed by atoms with Gasteiger partial charge in [0.1, 0.15) is 17.2 Å². The number of carbonyl (C=O) groups is 2. The molecule has 1 unspecified atom stereocenters. The van der Waals surface area contributed by atoms with Gasteiger partial charge in [-0.25, -0.2) is 9.38 Å². The number of guanidine groups is 1. The summed E-state index contributed by atoms with van der Waals surface area (Å²) in [5.74, 6) is -0.353. The second kappa shape index (κ2) is 11.3. The van der Waals surface area contributed by atoms with Crippen LogP contribution in [0.1, 0.15) is 93.4 Å². The Morgan fingerprint density at radius 2 is 1.97 bits per heavy atom. The Bertz CT molecular complexity index is 1260.